The number of benzene rings is 1. The zero-order valence-electron chi connectivity index (χ0n) is 13.3. The molecule has 1 atom stereocenters. The van der Waals surface area contributed by atoms with E-state index in [9.17, 15) is 4.79 Å². The Hall–Kier alpha value is -2.21. The number of aryl methyl sites for hydroxylation is 1. The van der Waals surface area contributed by atoms with Gasteiger partial charge in [-0.05, 0) is 49.9 Å². The van der Waals surface area contributed by atoms with Crippen LogP contribution in [0.25, 0.3) is 0 Å². The molecule has 1 amide bonds. The lowest BCUT2D eigenvalue weighted by molar-refractivity contribution is 0.0978. The van der Waals surface area contributed by atoms with Gasteiger partial charge in [-0.3, -0.25) is 4.79 Å². The predicted molar refractivity (Wildman–Crippen MR) is 87.7 cm³/mol. The van der Waals surface area contributed by atoms with Crippen molar-refractivity contribution in [3.05, 3.63) is 41.5 Å². The van der Waals surface area contributed by atoms with Gasteiger partial charge in [0.2, 0.25) is 5.82 Å². The average Bonchev–Trinajstić information content (AvgIpc) is 3.23. The smallest absolute Gasteiger partial charge is 0.297 e. The van der Waals surface area contributed by atoms with Crippen LogP contribution >= 0.6 is 0 Å². The molecule has 3 heterocycles. The molecule has 2 aliphatic heterocycles. The molecule has 120 valence electrons. The molecule has 0 aliphatic carbocycles. The number of carbonyl (C=O) groups excluding carboxylic acids is 1. The van der Waals surface area contributed by atoms with E-state index in [1.807, 2.05) is 16.8 Å². The van der Waals surface area contributed by atoms with Crippen LogP contribution in [0.3, 0.4) is 0 Å². The fourth-order valence-corrected chi connectivity index (χ4v) is 3.55. The van der Waals surface area contributed by atoms with Gasteiger partial charge in [0.1, 0.15) is 6.33 Å². The Morgan fingerprint density at radius 3 is 3.13 bits per heavy atom. The summed E-state index contributed by atoms with van der Waals surface area (Å²) in [5.74, 6) is 0.196. The van der Waals surface area contributed by atoms with Gasteiger partial charge in [0.15, 0.2) is 0 Å². The Morgan fingerprint density at radius 2 is 2.30 bits per heavy atom. The molecule has 2 aliphatic rings. The summed E-state index contributed by atoms with van der Waals surface area (Å²) in [7, 11) is 0. The van der Waals surface area contributed by atoms with Crippen LogP contribution < -0.4 is 10.2 Å². The van der Waals surface area contributed by atoms with Crippen LogP contribution in [0, 0.1) is 6.92 Å². The lowest BCUT2D eigenvalue weighted by Crippen LogP contribution is -2.32. The molecule has 0 radical (unpaired) electrons. The number of nitrogens with zero attached hydrogens (tertiary/aromatic N) is 4. The first kappa shape index (κ1) is 14.4. The first-order valence-corrected chi connectivity index (χ1v) is 8.26. The number of amides is 1. The molecule has 0 saturated carbocycles. The van der Waals surface area contributed by atoms with Crippen LogP contribution in [0.2, 0.25) is 0 Å². The molecular weight excluding hydrogens is 290 g/mol. The van der Waals surface area contributed by atoms with Crippen molar-refractivity contribution in [2.75, 3.05) is 24.5 Å². The van der Waals surface area contributed by atoms with Gasteiger partial charge in [-0.1, -0.05) is 12.1 Å². The number of aromatic nitrogens is 3. The third kappa shape index (κ3) is 2.53. The molecule has 1 saturated heterocycles. The third-order valence-electron chi connectivity index (χ3n) is 4.85. The summed E-state index contributed by atoms with van der Waals surface area (Å²) < 4.78 is 1.84. The van der Waals surface area contributed by atoms with E-state index in [4.69, 9.17) is 0 Å². The SMILES string of the molecule is Cc1cccc2c1CCN2C(=O)c1ncn([C@H]2CCCNC2)n1. The van der Waals surface area contributed by atoms with Gasteiger partial charge >= 0.3 is 0 Å². The van der Waals surface area contributed by atoms with Gasteiger partial charge < -0.3 is 10.2 Å². The Labute approximate surface area is 135 Å². The van der Waals surface area contributed by atoms with Crippen LogP contribution in [-0.4, -0.2) is 40.3 Å². The Balaban J connectivity index is 1.57. The van der Waals surface area contributed by atoms with Gasteiger partial charge in [0, 0.05) is 18.8 Å². The fourth-order valence-electron chi connectivity index (χ4n) is 3.55. The fraction of sp³-hybridized carbons (Fsp3) is 0.471. The van der Waals surface area contributed by atoms with Crippen molar-refractivity contribution in [2.45, 2.75) is 32.2 Å². The number of hydrogen-bond donors (Lipinski definition) is 1. The highest BCUT2D eigenvalue weighted by molar-refractivity contribution is 6.04. The number of hydrogen-bond acceptors (Lipinski definition) is 4. The van der Waals surface area contributed by atoms with E-state index in [2.05, 4.69) is 28.4 Å². The summed E-state index contributed by atoms with van der Waals surface area (Å²) in [4.78, 5) is 18.9. The van der Waals surface area contributed by atoms with Crippen LogP contribution in [0.1, 0.15) is 40.6 Å². The summed E-state index contributed by atoms with van der Waals surface area (Å²) >= 11 is 0. The maximum atomic E-state index is 12.8. The monoisotopic (exact) mass is 311 g/mol. The summed E-state index contributed by atoms with van der Waals surface area (Å²) in [5.41, 5.74) is 3.51. The van der Waals surface area contributed by atoms with E-state index >= 15 is 0 Å². The van der Waals surface area contributed by atoms with Crippen LogP contribution in [0.15, 0.2) is 24.5 Å². The molecule has 1 fully saturated rings. The Bertz CT molecular complexity index is 732. The number of carbonyl (C=O) groups is 1. The second kappa shape index (κ2) is 5.77. The number of rotatable bonds is 2. The summed E-state index contributed by atoms with van der Waals surface area (Å²) in [6.45, 7) is 4.75. The van der Waals surface area contributed by atoms with E-state index < -0.39 is 0 Å². The molecule has 6 nitrogen and oxygen atoms in total. The molecule has 23 heavy (non-hydrogen) atoms. The second-order valence-electron chi connectivity index (χ2n) is 6.33. The molecule has 0 spiro atoms. The molecule has 1 N–H and O–H groups in total. The van der Waals surface area contributed by atoms with Crippen molar-refractivity contribution < 1.29 is 4.79 Å². The van der Waals surface area contributed by atoms with E-state index in [0.29, 0.717) is 18.4 Å². The quantitative estimate of drug-likeness (QED) is 0.917. The van der Waals surface area contributed by atoms with Gasteiger partial charge in [0.25, 0.3) is 5.91 Å². The molecule has 4 rings (SSSR count). The lowest BCUT2D eigenvalue weighted by Gasteiger charge is -2.22. The topological polar surface area (TPSA) is 63.1 Å². The lowest BCUT2D eigenvalue weighted by atomic mass is 10.1. The molecular formula is C17H21N5O. The van der Waals surface area contributed by atoms with E-state index in [-0.39, 0.29) is 5.91 Å². The van der Waals surface area contributed by atoms with Crippen LogP contribution in [-0.2, 0) is 6.42 Å². The number of nitrogens with one attached hydrogen (secondary N) is 1. The summed E-state index contributed by atoms with van der Waals surface area (Å²) in [6.07, 6.45) is 4.81. The van der Waals surface area contributed by atoms with E-state index in [1.165, 1.54) is 11.1 Å². The molecule has 0 bridgehead atoms. The van der Waals surface area contributed by atoms with E-state index in [0.717, 1.165) is 38.0 Å². The third-order valence-corrected chi connectivity index (χ3v) is 4.85. The predicted octanol–water partition coefficient (Wildman–Crippen LogP) is 1.71. The number of piperidine rings is 1. The minimum Gasteiger partial charge on any atom is -0.315 e. The molecule has 1 aromatic heterocycles. The Kier molecular flexibility index (Phi) is 3.61. The summed E-state index contributed by atoms with van der Waals surface area (Å²) in [6, 6.07) is 6.40. The van der Waals surface area contributed by atoms with Crippen molar-refractivity contribution in [1.82, 2.24) is 20.1 Å². The largest absolute Gasteiger partial charge is 0.315 e. The first-order chi connectivity index (χ1) is 11.2. The maximum Gasteiger partial charge on any atom is 0.297 e. The standard InChI is InChI=1S/C17H21N5O/c1-12-4-2-6-15-14(12)7-9-21(15)17(23)16-19-11-22(20-16)13-5-3-8-18-10-13/h2,4,6,11,13,18H,3,5,7-10H2,1H3/t13-/m0/s1. The molecule has 1 aromatic carbocycles. The van der Waals surface area contributed by atoms with Crippen LogP contribution in [0.4, 0.5) is 5.69 Å². The van der Waals surface area contributed by atoms with Crippen molar-refractivity contribution in [1.29, 1.82) is 0 Å². The summed E-state index contributed by atoms with van der Waals surface area (Å²) in [5, 5.41) is 7.81. The van der Waals surface area contributed by atoms with Gasteiger partial charge in [0.05, 0.1) is 6.04 Å². The van der Waals surface area contributed by atoms with E-state index in [1.54, 1.807) is 11.2 Å². The normalized spacial score (nSPS) is 20.6. The van der Waals surface area contributed by atoms with Gasteiger partial charge in [-0.25, -0.2) is 9.67 Å². The first-order valence-electron chi connectivity index (χ1n) is 8.26. The maximum absolute atomic E-state index is 12.8. The molecule has 2 aromatic rings. The van der Waals surface area contributed by atoms with Crippen molar-refractivity contribution >= 4 is 11.6 Å². The van der Waals surface area contributed by atoms with Crippen molar-refractivity contribution in [3.63, 3.8) is 0 Å². The molecule has 0 unspecified atom stereocenters. The van der Waals surface area contributed by atoms with Gasteiger partial charge in [-0.2, -0.15) is 0 Å². The second-order valence-corrected chi connectivity index (χ2v) is 6.33. The Morgan fingerprint density at radius 1 is 1.39 bits per heavy atom. The van der Waals surface area contributed by atoms with Crippen LogP contribution in [0.5, 0.6) is 0 Å². The highest BCUT2D eigenvalue weighted by Crippen LogP contribution is 2.31. The minimum absolute atomic E-state index is 0.100. The average molecular weight is 311 g/mol. The zero-order valence-corrected chi connectivity index (χ0v) is 13.3. The number of anilines is 1. The zero-order chi connectivity index (χ0) is 15.8. The van der Waals surface area contributed by atoms with Crippen molar-refractivity contribution in [2.24, 2.45) is 0 Å². The molecule has 6 heteroatoms. The van der Waals surface area contributed by atoms with Crippen molar-refractivity contribution in [3.8, 4) is 0 Å². The highest BCUT2D eigenvalue weighted by atomic mass is 16.2. The minimum atomic E-state index is -0.100. The number of fused-ring (bicyclic) bond motifs is 1. The van der Waals surface area contributed by atoms with Gasteiger partial charge in [-0.15, -0.1) is 5.10 Å². The highest BCUT2D eigenvalue weighted by Gasteiger charge is 2.29.